The molecule has 0 aliphatic carbocycles. The van der Waals surface area contributed by atoms with Gasteiger partial charge in [-0.25, -0.2) is 4.39 Å². The van der Waals surface area contributed by atoms with E-state index in [0.717, 1.165) is 6.42 Å². The maximum Gasteiger partial charge on any atom is 0.197 e. The molecule has 19 heavy (non-hydrogen) atoms. The second-order valence-corrected chi connectivity index (χ2v) is 4.37. The molecular formula is C13H14FN3O2. The maximum atomic E-state index is 13.8. The van der Waals surface area contributed by atoms with Crippen LogP contribution in [0.25, 0.3) is 11.1 Å². The topological polar surface area (TPSA) is 62.3 Å². The first-order valence-corrected chi connectivity index (χ1v) is 6.04. The monoisotopic (exact) mass is 263 g/mol. The van der Waals surface area contributed by atoms with Gasteiger partial charge in [-0.15, -0.1) is 0 Å². The van der Waals surface area contributed by atoms with Gasteiger partial charge in [0.1, 0.15) is 5.82 Å². The number of fused-ring (bicyclic) bond motifs is 1. The summed E-state index contributed by atoms with van der Waals surface area (Å²) in [6, 6.07) is 2.99. The number of halogens is 1. The second-order valence-electron chi connectivity index (χ2n) is 4.37. The number of benzene rings is 1. The summed E-state index contributed by atoms with van der Waals surface area (Å²) in [7, 11) is 1.75. The highest BCUT2D eigenvalue weighted by Crippen LogP contribution is 2.42. The lowest BCUT2D eigenvalue weighted by Crippen LogP contribution is -2.00. The van der Waals surface area contributed by atoms with Crippen molar-refractivity contribution in [3.05, 3.63) is 24.1 Å². The fourth-order valence-corrected chi connectivity index (χ4v) is 2.09. The number of nitrogens with two attached hydrogens (primary N) is 1. The lowest BCUT2D eigenvalue weighted by atomic mass is 10.1. The number of nitrogens with zero attached hydrogens (tertiary/aromatic N) is 2. The average molecular weight is 263 g/mol. The quantitative estimate of drug-likeness (QED) is 0.854. The molecule has 2 aromatic rings. The molecule has 1 aromatic carbocycles. The lowest BCUT2D eigenvalue weighted by Gasteiger charge is -2.12. The molecular weight excluding hydrogens is 249 g/mol. The number of hydrogen-bond donors (Lipinski definition) is 1. The number of hydrogen-bond acceptors (Lipinski definition) is 4. The number of ether oxygens (including phenoxy) is 2. The molecule has 0 spiro atoms. The minimum absolute atomic E-state index is 0.151. The fourth-order valence-electron chi connectivity index (χ4n) is 2.09. The van der Waals surface area contributed by atoms with E-state index in [1.807, 2.05) is 0 Å². The van der Waals surface area contributed by atoms with Gasteiger partial charge in [0.25, 0.3) is 0 Å². The summed E-state index contributed by atoms with van der Waals surface area (Å²) < 4.78 is 26.4. The van der Waals surface area contributed by atoms with E-state index in [2.05, 4.69) is 5.10 Å². The van der Waals surface area contributed by atoms with Gasteiger partial charge in [0.2, 0.25) is 0 Å². The molecule has 100 valence electrons. The van der Waals surface area contributed by atoms with Crippen molar-refractivity contribution in [3.63, 3.8) is 0 Å². The molecule has 0 radical (unpaired) electrons. The largest absolute Gasteiger partial charge is 0.489 e. The molecule has 0 unspecified atom stereocenters. The highest BCUT2D eigenvalue weighted by Gasteiger charge is 2.22. The smallest absolute Gasteiger partial charge is 0.197 e. The first-order chi connectivity index (χ1) is 9.18. The SMILES string of the molecule is Cn1ncc(-c2ccc(F)c3c2OCCCO3)c1N. The van der Waals surface area contributed by atoms with Crippen molar-refractivity contribution in [1.82, 2.24) is 9.78 Å². The molecule has 0 bridgehead atoms. The highest BCUT2D eigenvalue weighted by atomic mass is 19.1. The van der Waals surface area contributed by atoms with Crippen LogP contribution in [0.2, 0.25) is 0 Å². The number of anilines is 1. The lowest BCUT2D eigenvalue weighted by molar-refractivity contribution is 0.292. The summed E-state index contributed by atoms with van der Waals surface area (Å²) in [6.07, 6.45) is 2.35. The van der Waals surface area contributed by atoms with E-state index in [-0.39, 0.29) is 5.75 Å². The molecule has 2 heterocycles. The zero-order valence-electron chi connectivity index (χ0n) is 10.5. The van der Waals surface area contributed by atoms with Gasteiger partial charge < -0.3 is 15.2 Å². The number of rotatable bonds is 1. The third-order valence-electron chi connectivity index (χ3n) is 3.12. The van der Waals surface area contributed by atoms with Gasteiger partial charge in [-0.3, -0.25) is 4.68 Å². The van der Waals surface area contributed by atoms with Gasteiger partial charge in [-0.2, -0.15) is 5.10 Å². The van der Waals surface area contributed by atoms with Crippen LogP contribution >= 0.6 is 0 Å². The zero-order chi connectivity index (χ0) is 13.4. The molecule has 0 saturated carbocycles. The van der Waals surface area contributed by atoms with E-state index in [1.54, 1.807) is 24.0 Å². The third kappa shape index (κ3) is 1.89. The van der Waals surface area contributed by atoms with Gasteiger partial charge in [0, 0.05) is 24.6 Å². The van der Waals surface area contributed by atoms with Crippen molar-refractivity contribution in [2.24, 2.45) is 7.05 Å². The van der Waals surface area contributed by atoms with Gasteiger partial charge in [-0.05, 0) is 12.1 Å². The minimum Gasteiger partial charge on any atom is -0.489 e. The van der Waals surface area contributed by atoms with Crippen LogP contribution in [0.4, 0.5) is 10.2 Å². The summed E-state index contributed by atoms with van der Waals surface area (Å²) >= 11 is 0. The highest BCUT2D eigenvalue weighted by molar-refractivity contribution is 5.80. The van der Waals surface area contributed by atoms with Crippen LogP contribution in [0.5, 0.6) is 11.5 Å². The molecule has 6 heteroatoms. The molecule has 3 rings (SSSR count). The molecule has 0 saturated heterocycles. The van der Waals surface area contributed by atoms with Crippen molar-refractivity contribution in [1.29, 1.82) is 0 Å². The molecule has 0 amide bonds. The van der Waals surface area contributed by atoms with Gasteiger partial charge in [-0.1, -0.05) is 0 Å². The van der Waals surface area contributed by atoms with Gasteiger partial charge >= 0.3 is 0 Å². The predicted octanol–water partition coefficient (Wildman–Crippen LogP) is 1.97. The normalized spacial score (nSPS) is 14.2. The Bertz CT molecular complexity index is 625. The van der Waals surface area contributed by atoms with Crippen molar-refractivity contribution in [2.45, 2.75) is 6.42 Å². The van der Waals surface area contributed by atoms with Gasteiger partial charge in [0.15, 0.2) is 17.3 Å². The Morgan fingerprint density at radius 3 is 2.63 bits per heavy atom. The van der Waals surface area contributed by atoms with Crippen molar-refractivity contribution < 1.29 is 13.9 Å². The van der Waals surface area contributed by atoms with Crippen LogP contribution in [-0.4, -0.2) is 23.0 Å². The number of nitrogen functional groups attached to an aromatic ring is 1. The average Bonchev–Trinajstić information content (AvgIpc) is 2.64. The van der Waals surface area contributed by atoms with Crippen LogP contribution in [0, 0.1) is 5.82 Å². The minimum atomic E-state index is -0.428. The second kappa shape index (κ2) is 4.46. The van der Waals surface area contributed by atoms with Crippen molar-refractivity contribution >= 4 is 5.82 Å². The van der Waals surface area contributed by atoms with Crippen LogP contribution in [0.3, 0.4) is 0 Å². The molecule has 0 atom stereocenters. The van der Waals surface area contributed by atoms with E-state index in [1.165, 1.54) is 6.07 Å². The summed E-state index contributed by atoms with van der Waals surface area (Å²) in [5, 5.41) is 4.09. The predicted molar refractivity (Wildman–Crippen MR) is 68.6 cm³/mol. The first kappa shape index (κ1) is 11.8. The summed E-state index contributed by atoms with van der Waals surface area (Å²) in [5.74, 6) is 0.625. The molecule has 1 aromatic heterocycles. The van der Waals surface area contributed by atoms with E-state index in [4.69, 9.17) is 15.2 Å². The molecule has 0 fully saturated rings. The number of aryl methyl sites for hydroxylation is 1. The molecule has 5 nitrogen and oxygen atoms in total. The Morgan fingerprint density at radius 1 is 1.21 bits per heavy atom. The van der Waals surface area contributed by atoms with Crippen LogP contribution < -0.4 is 15.2 Å². The Labute approximate surface area is 109 Å². The Kier molecular flexibility index (Phi) is 2.77. The van der Waals surface area contributed by atoms with E-state index in [0.29, 0.717) is 35.9 Å². The van der Waals surface area contributed by atoms with E-state index < -0.39 is 5.82 Å². The Hall–Kier alpha value is -2.24. The van der Waals surface area contributed by atoms with Gasteiger partial charge in [0.05, 0.1) is 19.4 Å². The first-order valence-electron chi connectivity index (χ1n) is 6.04. The third-order valence-corrected chi connectivity index (χ3v) is 3.12. The van der Waals surface area contributed by atoms with Crippen LogP contribution in [-0.2, 0) is 7.05 Å². The molecule has 2 N–H and O–H groups in total. The summed E-state index contributed by atoms with van der Waals surface area (Å²) in [5.41, 5.74) is 7.37. The summed E-state index contributed by atoms with van der Waals surface area (Å²) in [4.78, 5) is 0. The van der Waals surface area contributed by atoms with E-state index in [9.17, 15) is 4.39 Å². The van der Waals surface area contributed by atoms with Crippen molar-refractivity contribution in [3.8, 4) is 22.6 Å². The molecule has 1 aliphatic rings. The Morgan fingerprint density at radius 2 is 1.95 bits per heavy atom. The van der Waals surface area contributed by atoms with E-state index >= 15 is 0 Å². The van der Waals surface area contributed by atoms with Crippen molar-refractivity contribution in [2.75, 3.05) is 18.9 Å². The number of aromatic nitrogens is 2. The Balaban J connectivity index is 2.19. The zero-order valence-corrected chi connectivity index (χ0v) is 10.5. The van der Waals surface area contributed by atoms with Crippen LogP contribution in [0.1, 0.15) is 6.42 Å². The standard InChI is InChI=1S/C13H14FN3O2/c1-17-13(15)9(7-16-17)8-3-4-10(14)12-11(8)18-5-2-6-19-12/h3-4,7H,2,5-6,15H2,1H3. The maximum absolute atomic E-state index is 13.8. The molecule has 1 aliphatic heterocycles. The summed E-state index contributed by atoms with van der Waals surface area (Å²) in [6.45, 7) is 0.930. The fraction of sp³-hybridized carbons (Fsp3) is 0.308. The van der Waals surface area contributed by atoms with Crippen LogP contribution in [0.15, 0.2) is 18.3 Å².